The number of aliphatic carboxylic acids is 1. The van der Waals surface area contributed by atoms with Gasteiger partial charge in [0.2, 0.25) is 0 Å². The molecule has 3 N–H and O–H groups in total. The molecule has 0 spiro atoms. The van der Waals surface area contributed by atoms with Gasteiger partial charge in [-0.25, -0.2) is 18.0 Å². The number of anilines is 3. The molecule has 4 rings (SSSR count). The summed E-state index contributed by atoms with van der Waals surface area (Å²) in [5.41, 5.74) is 4.67. The molecule has 1 fully saturated rings. The van der Waals surface area contributed by atoms with Gasteiger partial charge in [0, 0.05) is 31.9 Å². The molecule has 0 saturated carbocycles. The minimum atomic E-state index is -5.08. The molecule has 0 atom stereocenters. The molecule has 1 heterocycles. The number of carboxylic acid groups (broad SMARTS) is 2. The normalized spacial score (nSPS) is 13.7. The molecule has 1 aliphatic heterocycles. The summed E-state index contributed by atoms with van der Waals surface area (Å²) in [5, 5.41) is 16.6. The van der Waals surface area contributed by atoms with Crippen molar-refractivity contribution in [2.45, 2.75) is 24.9 Å². The Morgan fingerprint density at radius 1 is 0.825 bits per heavy atom. The number of hydrogen-bond acceptors (Lipinski definition) is 6. The lowest BCUT2D eigenvalue weighted by Crippen LogP contribution is -2.47. The smallest absolute Gasteiger partial charge is 0.478 e. The molecular formula is C27H28F3N3O6S. The highest BCUT2D eigenvalue weighted by Gasteiger charge is 2.38. The number of hydrogen-bond donors (Lipinski definition) is 3. The van der Waals surface area contributed by atoms with Crippen LogP contribution < -0.4 is 14.5 Å². The number of piperazine rings is 1. The van der Waals surface area contributed by atoms with E-state index in [1.54, 1.807) is 24.3 Å². The number of halogens is 3. The second-order valence-electron chi connectivity index (χ2n) is 8.95. The zero-order valence-electron chi connectivity index (χ0n) is 21.6. The molecule has 0 bridgehead atoms. The first-order valence-electron chi connectivity index (χ1n) is 12.0. The van der Waals surface area contributed by atoms with Gasteiger partial charge in [0.15, 0.2) is 0 Å². The summed E-state index contributed by atoms with van der Waals surface area (Å²) in [5.74, 6) is -3.87. The second-order valence-corrected chi connectivity index (χ2v) is 10.6. The highest BCUT2D eigenvalue weighted by atomic mass is 32.2. The Hall–Kier alpha value is -4.26. The highest BCUT2D eigenvalue weighted by Crippen LogP contribution is 2.32. The van der Waals surface area contributed by atoms with Crippen molar-refractivity contribution in [1.29, 1.82) is 0 Å². The minimum absolute atomic E-state index is 0.0264. The molecule has 214 valence electrons. The molecule has 13 heteroatoms. The van der Waals surface area contributed by atoms with Crippen molar-refractivity contribution >= 4 is 39.0 Å². The minimum Gasteiger partial charge on any atom is -0.478 e. The SMILES string of the molecule is Cc1cccc(N2CCN(c3ccc(C(=O)O)cc3NS(=O)(=O)c3ccccc3)CC2)c1C.O=C(O)C(F)(F)F. The number of nitrogens with one attached hydrogen (secondary N) is 1. The van der Waals surface area contributed by atoms with E-state index in [-0.39, 0.29) is 16.1 Å². The molecule has 9 nitrogen and oxygen atoms in total. The number of carboxylic acids is 2. The summed E-state index contributed by atoms with van der Waals surface area (Å²) in [6, 6.07) is 18.9. The Balaban J connectivity index is 0.000000559. The third kappa shape index (κ3) is 7.44. The van der Waals surface area contributed by atoms with Gasteiger partial charge < -0.3 is 20.0 Å². The van der Waals surface area contributed by atoms with Crippen molar-refractivity contribution < 1.29 is 41.4 Å². The Morgan fingerprint density at radius 3 is 1.90 bits per heavy atom. The third-order valence-electron chi connectivity index (χ3n) is 6.32. The molecule has 40 heavy (non-hydrogen) atoms. The van der Waals surface area contributed by atoms with Crippen LogP contribution in [0.1, 0.15) is 21.5 Å². The molecule has 0 unspecified atom stereocenters. The van der Waals surface area contributed by atoms with Crippen LogP contribution in [-0.4, -0.2) is 62.9 Å². The number of rotatable bonds is 6. The summed E-state index contributed by atoms with van der Waals surface area (Å²) in [6.45, 7) is 7.13. The molecular weight excluding hydrogens is 551 g/mol. The lowest BCUT2D eigenvalue weighted by atomic mass is 10.1. The van der Waals surface area contributed by atoms with E-state index >= 15 is 0 Å². The third-order valence-corrected chi connectivity index (χ3v) is 7.70. The van der Waals surface area contributed by atoms with E-state index in [1.807, 2.05) is 0 Å². The average molecular weight is 580 g/mol. The van der Waals surface area contributed by atoms with E-state index in [1.165, 1.54) is 41.1 Å². The number of carbonyl (C=O) groups is 2. The predicted molar refractivity (Wildman–Crippen MR) is 145 cm³/mol. The number of aryl methyl sites for hydroxylation is 1. The Kier molecular flexibility index (Phi) is 9.30. The molecule has 3 aromatic rings. The van der Waals surface area contributed by atoms with Crippen LogP contribution in [0.3, 0.4) is 0 Å². The van der Waals surface area contributed by atoms with Crippen molar-refractivity contribution in [2.75, 3.05) is 40.7 Å². The topological polar surface area (TPSA) is 127 Å². The van der Waals surface area contributed by atoms with Crippen molar-refractivity contribution in [3.8, 4) is 0 Å². The van der Waals surface area contributed by atoms with Crippen molar-refractivity contribution in [1.82, 2.24) is 0 Å². The van der Waals surface area contributed by atoms with Crippen LogP contribution in [0.15, 0.2) is 71.6 Å². The van der Waals surface area contributed by atoms with Crippen LogP contribution in [0.5, 0.6) is 0 Å². The summed E-state index contributed by atoms with van der Waals surface area (Å²) in [6.07, 6.45) is -5.08. The number of aromatic carboxylic acids is 1. The van der Waals surface area contributed by atoms with Crippen molar-refractivity contribution in [3.05, 3.63) is 83.4 Å². The zero-order valence-corrected chi connectivity index (χ0v) is 22.5. The van der Waals surface area contributed by atoms with Crippen molar-refractivity contribution in [2.24, 2.45) is 0 Å². The first-order chi connectivity index (χ1) is 18.7. The molecule has 0 aliphatic carbocycles. The lowest BCUT2D eigenvalue weighted by Gasteiger charge is -2.39. The van der Waals surface area contributed by atoms with E-state index in [0.717, 1.165) is 13.1 Å². The molecule has 1 aliphatic rings. The van der Waals surface area contributed by atoms with Gasteiger partial charge in [0.05, 0.1) is 21.8 Å². The Labute approximate surface area is 229 Å². The number of nitrogens with zero attached hydrogens (tertiary/aromatic N) is 2. The summed E-state index contributed by atoms with van der Waals surface area (Å²) < 4.78 is 60.2. The molecule has 3 aromatic carbocycles. The molecule has 0 amide bonds. The summed E-state index contributed by atoms with van der Waals surface area (Å²) >= 11 is 0. The fraction of sp³-hybridized carbons (Fsp3) is 0.259. The number of benzene rings is 3. The fourth-order valence-corrected chi connectivity index (χ4v) is 5.18. The van der Waals surface area contributed by atoms with Gasteiger partial charge in [-0.1, -0.05) is 30.3 Å². The van der Waals surface area contributed by atoms with E-state index in [0.29, 0.717) is 18.8 Å². The van der Waals surface area contributed by atoms with Crippen LogP contribution >= 0.6 is 0 Å². The van der Waals surface area contributed by atoms with Gasteiger partial charge in [-0.15, -0.1) is 0 Å². The quantitative estimate of drug-likeness (QED) is 0.382. The number of alkyl halides is 3. The number of sulfonamides is 1. The van der Waals surface area contributed by atoms with Gasteiger partial charge in [-0.05, 0) is 61.4 Å². The first kappa shape index (κ1) is 30.3. The average Bonchev–Trinajstić information content (AvgIpc) is 2.90. The van der Waals surface area contributed by atoms with Gasteiger partial charge in [-0.3, -0.25) is 4.72 Å². The van der Waals surface area contributed by atoms with Crippen molar-refractivity contribution in [3.63, 3.8) is 0 Å². The van der Waals surface area contributed by atoms with E-state index in [9.17, 15) is 31.5 Å². The van der Waals surface area contributed by atoms with E-state index < -0.39 is 28.1 Å². The predicted octanol–water partition coefficient (Wildman–Crippen LogP) is 4.76. The van der Waals surface area contributed by atoms with Gasteiger partial charge in [0.1, 0.15) is 0 Å². The van der Waals surface area contributed by atoms with Crippen LogP contribution in [-0.2, 0) is 14.8 Å². The maximum absolute atomic E-state index is 12.9. The van der Waals surface area contributed by atoms with E-state index in [4.69, 9.17) is 9.90 Å². The first-order valence-corrected chi connectivity index (χ1v) is 13.5. The van der Waals surface area contributed by atoms with Crippen LogP contribution in [0.4, 0.5) is 30.2 Å². The maximum atomic E-state index is 12.9. The zero-order chi connectivity index (χ0) is 29.7. The monoisotopic (exact) mass is 579 g/mol. The lowest BCUT2D eigenvalue weighted by molar-refractivity contribution is -0.192. The standard InChI is InChI=1S/C25H27N3O4S.C2HF3O2/c1-18-7-6-10-23(19(18)2)27-13-15-28(16-14-27)24-12-11-20(25(29)30)17-22(24)26-33(31,32)21-8-4-3-5-9-21;3-2(4,5)1(6)7/h3-12,17,26H,13-16H2,1-2H3,(H,29,30);(H,6,7). The van der Waals surface area contributed by atoms with Crippen LogP contribution in [0.2, 0.25) is 0 Å². The van der Waals surface area contributed by atoms with Gasteiger partial charge in [0.25, 0.3) is 10.0 Å². The largest absolute Gasteiger partial charge is 0.490 e. The summed E-state index contributed by atoms with van der Waals surface area (Å²) in [4.78, 5) is 25.0. The molecule has 0 radical (unpaired) electrons. The fourth-order valence-electron chi connectivity index (χ4n) is 4.10. The summed E-state index contributed by atoms with van der Waals surface area (Å²) in [7, 11) is -3.86. The van der Waals surface area contributed by atoms with Crippen LogP contribution in [0.25, 0.3) is 0 Å². The Bertz CT molecular complexity index is 1470. The Morgan fingerprint density at radius 2 is 1.38 bits per heavy atom. The maximum Gasteiger partial charge on any atom is 0.490 e. The molecule has 0 aromatic heterocycles. The highest BCUT2D eigenvalue weighted by molar-refractivity contribution is 7.92. The van der Waals surface area contributed by atoms with Gasteiger partial charge in [-0.2, -0.15) is 13.2 Å². The molecule has 1 saturated heterocycles. The van der Waals surface area contributed by atoms with Crippen LogP contribution in [0, 0.1) is 13.8 Å². The van der Waals surface area contributed by atoms with Gasteiger partial charge >= 0.3 is 18.1 Å². The second kappa shape index (κ2) is 12.3. The van der Waals surface area contributed by atoms with E-state index in [2.05, 4.69) is 46.6 Å².